The molecule has 0 aliphatic heterocycles. The minimum atomic E-state index is -2.98. The lowest BCUT2D eigenvalue weighted by Gasteiger charge is -2.12. The Bertz CT molecular complexity index is 467. The molecule has 1 rings (SSSR count). The van der Waals surface area contributed by atoms with Gasteiger partial charge < -0.3 is 10.3 Å². The number of hydrogen-bond acceptors (Lipinski definition) is 5. The van der Waals surface area contributed by atoms with Crippen molar-refractivity contribution >= 4 is 9.84 Å². The first kappa shape index (κ1) is 14.1. The molecular weight excluding hydrogens is 240 g/mol. The van der Waals surface area contributed by atoms with Crippen LogP contribution in [0.4, 0.5) is 0 Å². The van der Waals surface area contributed by atoms with Crippen molar-refractivity contribution in [3.63, 3.8) is 0 Å². The normalized spacial score (nSPS) is 13.9. The maximum Gasteiger partial charge on any atom is 0.150 e. The quantitative estimate of drug-likeness (QED) is 0.801. The molecule has 1 heterocycles. The zero-order valence-electron chi connectivity index (χ0n) is 10.5. The SMILES string of the molecule is CCCn1c(C)nnc1C(N)CCS(C)(=O)=O. The predicted octanol–water partition coefficient (Wildman–Crippen LogP) is 0.431. The minimum absolute atomic E-state index is 0.0756. The molecule has 0 amide bonds. The molecule has 0 aliphatic carbocycles. The third-order valence-corrected chi connectivity index (χ3v) is 3.52. The second kappa shape index (κ2) is 5.59. The van der Waals surface area contributed by atoms with E-state index >= 15 is 0 Å². The molecule has 1 aromatic rings. The summed E-state index contributed by atoms with van der Waals surface area (Å²) >= 11 is 0. The first-order valence-corrected chi connectivity index (χ1v) is 7.74. The Labute approximate surface area is 102 Å². The van der Waals surface area contributed by atoms with E-state index in [4.69, 9.17) is 5.73 Å². The first-order chi connectivity index (χ1) is 7.85. The summed E-state index contributed by atoms with van der Waals surface area (Å²) in [5.74, 6) is 1.57. The van der Waals surface area contributed by atoms with Gasteiger partial charge in [0.15, 0.2) is 0 Å². The second-order valence-corrected chi connectivity index (χ2v) is 6.54. The summed E-state index contributed by atoms with van der Waals surface area (Å²) in [6.45, 7) is 4.74. The van der Waals surface area contributed by atoms with Crippen molar-refractivity contribution in [3.05, 3.63) is 11.6 Å². The fraction of sp³-hybridized carbons (Fsp3) is 0.800. The zero-order valence-corrected chi connectivity index (χ0v) is 11.4. The van der Waals surface area contributed by atoms with Crippen LogP contribution in [0.1, 0.15) is 37.5 Å². The highest BCUT2D eigenvalue weighted by Crippen LogP contribution is 2.14. The van der Waals surface area contributed by atoms with Crippen LogP contribution >= 0.6 is 0 Å². The van der Waals surface area contributed by atoms with Gasteiger partial charge >= 0.3 is 0 Å². The third-order valence-electron chi connectivity index (χ3n) is 2.54. The monoisotopic (exact) mass is 260 g/mol. The number of rotatable bonds is 6. The highest BCUT2D eigenvalue weighted by atomic mass is 32.2. The van der Waals surface area contributed by atoms with Crippen molar-refractivity contribution in [2.45, 2.75) is 39.3 Å². The van der Waals surface area contributed by atoms with Crippen LogP contribution in [0.5, 0.6) is 0 Å². The summed E-state index contributed by atoms with van der Waals surface area (Å²) in [4.78, 5) is 0. The molecule has 0 bridgehead atoms. The van der Waals surface area contributed by atoms with E-state index in [-0.39, 0.29) is 11.8 Å². The van der Waals surface area contributed by atoms with E-state index in [1.165, 1.54) is 6.26 Å². The summed E-state index contributed by atoms with van der Waals surface area (Å²) in [5, 5.41) is 8.01. The Morgan fingerprint density at radius 1 is 1.41 bits per heavy atom. The van der Waals surface area contributed by atoms with E-state index in [0.29, 0.717) is 12.2 Å². The lowest BCUT2D eigenvalue weighted by molar-refractivity contribution is 0.551. The summed E-state index contributed by atoms with van der Waals surface area (Å²) in [7, 11) is -2.98. The van der Waals surface area contributed by atoms with E-state index in [2.05, 4.69) is 17.1 Å². The van der Waals surface area contributed by atoms with Crippen LogP contribution in [-0.2, 0) is 16.4 Å². The van der Waals surface area contributed by atoms with Gasteiger partial charge in [-0.3, -0.25) is 0 Å². The van der Waals surface area contributed by atoms with Gasteiger partial charge in [-0.1, -0.05) is 6.92 Å². The smallest absolute Gasteiger partial charge is 0.150 e. The molecule has 0 saturated carbocycles. The van der Waals surface area contributed by atoms with Gasteiger partial charge in [-0.25, -0.2) is 8.42 Å². The average molecular weight is 260 g/mol. The second-order valence-electron chi connectivity index (χ2n) is 4.28. The van der Waals surface area contributed by atoms with Crippen molar-refractivity contribution in [2.24, 2.45) is 5.73 Å². The van der Waals surface area contributed by atoms with Gasteiger partial charge in [-0.15, -0.1) is 10.2 Å². The Balaban J connectivity index is 2.78. The predicted molar refractivity (Wildman–Crippen MR) is 66.3 cm³/mol. The van der Waals surface area contributed by atoms with Gasteiger partial charge in [0.2, 0.25) is 0 Å². The van der Waals surface area contributed by atoms with Crippen LogP contribution in [0, 0.1) is 6.92 Å². The molecule has 0 spiro atoms. The van der Waals surface area contributed by atoms with Gasteiger partial charge in [-0.2, -0.15) is 0 Å². The zero-order chi connectivity index (χ0) is 13.1. The molecule has 1 unspecified atom stereocenters. The van der Waals surface area contributed by atoms with E-state index < -0.39 is 9.84 Å². The van der Waals surface area contributed by atoms with Gasteiger partial charge in [0, 0.05) is 12.8 Å². The van der Waals surface area contributed by atoms with Crippen molar-refractivity contribution in [1.29, 1.82) is 0 Å². The van der Waals surface area contributed by atoms with E-state index in [1.807, 2.05) is 11.5 Å². The maximum atomic E-state index is 11.1. The summed E-state index contributed by atoms with van der Waals surface area (Å²) in [6, 6.07) is -0.377. The van der Waals surface area contributed by atoms with Gasteiger partial charge in [-0.05, 0) is 19.8 Å². The molecule has 0 aliphatic rings. The summed E-state index contributed by atoms with van der Waals surface area (Å²) in [6.07, 6.45) is 2.55. The van der Waals surface area contributed by atoms with Crippen LogP contribution in [0.2, 0.25) is 0 Å². The number of sulfone groups is 1. The van der Waals surface area contributed by atoms with E-state index in [1.54, 1.807) is 0 Å². The van der Waals surface area contributed by atoms with E-state index in [9.17, 15) is 8.42 Å². The molecule has 98 valence electrons. The number of hydrogen-bond donors (Lipinski definition) is 1. The standard InChI is InChI=1S/C10H20N4O2S/c1-4-6-14-8(2)12-13-10(14)9(11)5-7-17(3,15)16/h9H,4-7,11H2,1-3H3. The highest BCUT2D eigenvalue weighted by Gasteiger charge is 2.17. The Morgan fingerprint density at radius 3 is 2.59 bits per heavy atom. The fourth-order valence-electron chi connectivity index (χ4n) is 1.64. The van der Waals surface area contributed by atoms with Crippen molar-refractivity contribution < 1.29 is 8.42 Å². The van der Waals surface area contributed by atoms with Crippen molar-refractivity contribution in [1.82, 2.24) is 14.8 Å². The topological polar surface area (TPSA) is 90.9 Å². The van der Waals surface area contributed by atoms with Crippen LogP contribution in [0.15, 0.2) is 0 Å². The molecular formula is C10H20N4O2S. The molecule has 7 heteroatoms. The van der Waals surface area contributed by atoms with Gasteiger partial charge in [0.05, 0.1) is 11.8 Å². The molecule has 0 radical (unpaired) electrons. The number of nitrogens with zero attached hydrogens (tertiary/aromatic N) is 3. The molecule has 2 N–H and O–H groups in total. The van der Waals surface area contributed by atoms with Crippen LogP contribution in [0.3, 0.4) is 0 Å². The first-order valence-electron chi connectivity index (χ1n) is 5.68. The maximum absolute atomic E-state index is 11.1. The largest absolute Gasteiger partial charge is 0.321 e. The average Bonchev–Trinajstić information content (AvgIpc) is 2.57. The molecule has 1 aromatic heterocycles. The summed E-state index contributed by atoms with van der Waals surface area (Å²) < 4.78 is 24.1. The Hall–Kier alpha value is -0.950. The van der Waals surface area contributed by atoms with Crippen molar-refractivity contribution in [3.8, 4) is 0 Å². The van der Waals surface area contributed by atoms with E-state index in [0.717, 1.165) is 18.8 Å². The third kappa shape index (κ3) is 4.08. The molecule has 0 aromatic carbocycles. The van der Waals surface area contributed by atoms with Crippen LogP contribution in [0.25, 0.3) is 0 Å². The lowest BCUT2D eigenvalue weighted by Crippen LogP contribution is -2.20. The van der Waals surface area contributed by atoms with Crippen LogP contribution < -0.4 is 5.73 Å². The number of nitrogens with two attached hydrogens (primary N) is 1. The molecule has 17 heavy (non-hydrogen) atoms. The number of aryl methyl sites for hydroxylation is 1. The Morgan fingerprint density at radius 2 is 2.06 bits per heavy atom. The molecule has 6 nitrogen and oxygen atoms in total. The highest BCUT2D eigenvalue weighted by molar-refractivity contribution is 7.90. The fourth-order valence-corrected chi connectivity index (χ4v) is 2.32. The van der Waals surface area contributed by atoms with Gasteiger partial charge in [0.1, 0.15) is 21.5 Å². The Kier molecular flexibility index (Phi) is 4.64. The van der Waals surface area contributed by atoms with Crippen LogP contribution in [-0.4, -0.2) is 35.2 Å². The summed E-state index contributed by atoms with van der Waals surface area (Å²) in [5.41, 5.74) is 5.96. The molecule has 1 atom stereocenters. The van der Waals surface area contributed by atoms with Crippen molar-refractivity contribution in [2.75, 3.05) is 12.0 Å². The lowest BCUT2D eigenvalue weighted by atomic mass is 10.2. The molecule has 0 fully saturated rings. The van der Waals surface area contributed by atoms with Gasteiger partial charge in [0.25, 0.3) is 0 Å². The minimum Gasteiger partial charge on any atom is -0.321 e. The number of aromatic nitrogens is 3. The molecule has 0 saturated heterocycles.